The molecule has 20 heavy (non-hydrogen) atoms. The quantitative estimate of drug-likeness (QED) is 0.899. The molecule has 2 N–H and O–H groups in total. The zero-order valence-corrected chi connectivity index (χ0v) is 13.0. The third-order valence-corrected chi connectivity index (χ3v) is 3.61. The van der Waals surface area contributed by atoms with E-state index in [1.54, 1.807) is 12.1 Å². The van der Waals surface area contributed by atoms with E-state index in [9.17, 15) is 4.39 Å². The molecular weight excluding hydrogens is 321 g/mol. The van der Waals surface area contributed by atoms with Gasteiger partial charge in [0.05, 0.1) is 0 Å². The second-order valence-electron chi connectivity index (χ2n) is 4.83. The SMILES string of the molecule is Cc1ccccc1C(Oc1ccc(Br)cc1F)C(C)N. The molecule has 2 atom stereocenters. The van der Waals surface area contributed by atoms with Gasteiger partial charge in [0.2, 0.25) is 0 Å². The van der Waals surface area contributed by atoms with Gasteiger partial charge in [0.15, 0.2) is 11.6 Å². The van der Waals surface area contributed by atoms with Crippen LogP contribution in [0.2, 0.25) is 0 Å². The van der Waals surface area contributed by atoms with Gasteiger partial charge in [0, 0.05) is 10.5 Å². The Balaban J connectivity index is 2.33. The third-order valence-electron chi connectivity index (χ3n) is 3.12. The van der Waals surface area contributed by atoms with Crippen LogP contribution >= 0.6 is 15.9 Å². The van der Waals surface area contributed by atoms with Crippen molar-refractivity contribution in [1.29, 1.82) is 0 Å². The monoisotopic (exact) mass is 337 g/mol. The summed E-state index contributed by atoms with van der Waals surface area (Å²) in [7, 11) is 0. The number of benzene rings is 2. The number of hydrogen-bond donors (Lipinski definition) is 1. The Morgan fingerprint density at radius 1 is 1.20 bits per heavy atom. The maximum atomic E-state index is 13.9. The number of halogens is 2. The minimum atomic E-state index is -0.404. The highest BCUT2D eigenvalue weighted by atomic mass is 79.9. The van der Waals surface area contributed by atoms with Gasteiger partial charge < -0.3 is 10.5 Å². The van der Waals surface area contributed by atoms with Gasteiger partial charge in [-0.3, -0.25) is 0 Å². The van der Waals surface area contributed by atoms with E-state index in [1.807, 2.05) is 38.1 Å². The number of rotatable bonds is 4. The molecule has 0 aliphatic rings. The molecule has 0 aliphatic heterocycles. The van der Waals surface area contributed by atoms with Crippen LogP contribution in [0.25, 0.3) is 0 Å². The first-order chi connectivity index (χ1) is 9.49. The largest absolute Gasteiger partial charge is 0.481 e. The summed E-state index contributed by atoms with van der Waals surface area (Å²) in [5.41, 5.74) is 8.06. The van der Waals surface area contributed by atoms with Crippen LogP contribution in [0.3, 0.4) is 0 Å². The molecule has 0 amide bonds. The Kier molecular flexibility index (Phi) is 4.78. The predicted octanol–water partition coefficient (Wildman–Crippen LogP) is 4.36. The van der Waals surface area contributed by atoms with Crippen molar-refractivity contribution in [3.63, 3.8) is 0 Å². The summed E-state index contributed by atoms with van der Waals surface area (Å²) < 4.78 is 20.4. The molecule has 106 valence electrons. The van der Waals surface area contributed by atoms with E-state index in [4.69, 9.17) is 10.5 Å². The van der Waals surface area contributed by atoms with Gasteiger partial charge in [-0.25, -0.2) is 4.39 Å². The van der Waals surface area contributed by atoms with Crippen LogP contribution < -0.4 is 10.5 Å². The van der Waals surface area contributed by atoms with Crippen LogP contribution in [0.4, 0.5) is 4.39 Å². The lowest BCUT2D eigenvalue weighted by molar-refractivity contribution is 0.172. The summed E-state index contributed by atoms with van der Waals surface area (Å²) in [5, 5.41) is 0. The van der Waals surface area contributed by atoms with Crippen LogP contribution in [0.15, 0.2) is 46.9 Å². The predicted molar refractivity (Wildman–Crippen MR) is 82.3 cm³/mol. The Hall–Kier alpha value is -1.39. The van der Waals surface area contributed by atoms with E-state index in [0.29, 0.717) is 4.47 Å². The van der Waals surface area contributed by atoms with Gasteiger partial charge in [-0.1, -0.05) is 40.2 Å². The maximum absolute atomic E-state index is 13.9. The molecule has 0 heterocycles. The lowest BCUT2D eigenvalue weighted by atomic mass is 9.99. The Labute approximate surface area is 126 Å². The van der Waals surface area contributed by atoms with Crippen LogP contribution in [-0.2, 0) is 0 Å². The van der Waals surface area contributed by atoms with Crippen molar-refractivity contribution in [2.75, 3.05) is 0 Å². The molecule has 0 bridgehead atoms. The first-order valence-corrected chi connectivity index (χ1v) is 7.21. The second-order valence-corrected chi connectivity index (χ2v) is 5.74. The molecule has 0 radical (unpaired) electrons. The molecule has 0 saturated heterocycles. The molecule has 2 unspecified atom stereocenters. The minimum Gasteiger partial charge on any atom is -0.481 e. The average molecular weight is 338 g/mol. The van der Waals surface area contributed by atoms with Gasteiger partial charge in [0.25, 0.3) is 0 Å². The van der Waals surface area contributed by atoms with Crippen molar-refractivity contribution in [3.05, 3.63) is 63.9 Å². The molecule has 0 aromatic heterocycles. The lowest BCUT2D eigenvalue weighted by Crippen LogP contribution is -2.29. The maximum Gasteiger partial charge on any atom is 0.166 e. The lowest BCUT2D eigenvalue weighted by Gasteiger charge is -2.24. The second kappa shape index (κ2) is 6.37. The van der Waals surface area contributed by atoms with E-state index in [-0.39, 0.29) is 17.9 Å². The van der Waals surface area contributed by atoms with Gasteiger partial charge in [0.1, 0.15) is 6.10 Å². The molecule has 2 aromatic rings. The third kappa shape index (κ3) is 3.38. The molecule has 2 nitrogen and oxygen atoms in total. The molecule has 0 saturated carbocycles. The molecular formula is C16H17BrFNO. The van der Waals surface area contributed by atoms with Crippen molar-refractivity contribution in [2.24, 2.45) is 5.73 Å². The van der Waals surface area contributed by atoms with E-state index in [1.165, 1.54) is 6.07 Å². The fraction of sp³-hybridized carbons (Fsp3) is 0.250. The van der Waals surface area contributed by atoms with Gasteiger partial charge in [-0.2, -0.15) is 0 Å². The molecule has 0 fully saturated rings. The molecule has 0 aliphatic carbocycles. The van der Waals surface area contributed by atoms with Crippen LogP contribution in [0.5, 0.6) is 5.75 Å². The Morgan fingerprint density at radius 2 is 1.90 bits per heavy atom. The fourth-order valence-electron chi connectivity index (χ4n) is 2.07. The molecule has 4 heteroatoms. The summed E-state index contributed by atoms with van der Waals surface area (Å²) >= 11 is 3.23. The van der Waals surface area contributed by atoms with Gasteiger partial charge in [-0.15, -0.1) is 0 Å². The summed E-state index contributed by atoms with van der Waals surface area (Å²) in [6.45, 7) is 3.85. The fourth-order valence-corrected chi connectivity index (χ4v) is 2.40. The number of ether oxygens (including phenoxy) is 1. The van der Waals surface area contributed by atoms with Crippen molar-refractivity contribution in [1.82, 2.24) is 0 Å². The first kappa shape index (κ1) is 15.0. The van der Waals surface area contributed by atoms with E-state index in [2.05, 4.69) is 15.9 Å². The van der Waals surface area contributed by atoms with Crippen molar-refractivity contribution in [3.8, 4) is 5.75 Å². The topological polar surface area (TPSA) is 35.2 Å². The number of nitrogens with two attached hydrogens (primary N) is 1. The van der Waals surface area contributed by atoms with E-state index in [0.717, 1.165) is 11.1 Å². The molecule has 0 spiro atoms. The smallest absolute Gasteiger partial charge is 0.166 e. The zero-order valence-electron chi connectivity index (χ0n) is 11.4. The van der Waals surface area contributed by atoms with Crippen LogP contribution in [0.1, 0.15) is 24.2 Å². The van der Waals surface area contributed by atoms with E-state index >= 15 is 0 Å². The summed E-state index contributed by atoms with van der Waals surface area (Å²) in [6.07, 6.45) is -0.383. The van der Waals surface area contributed by atoms with Crippen molar-refractivity contribution < 1.29 is 9.13 Å². The molecule has 2 rings (SSSR count). The Morgan fingerprint density at radius 3 is 2.50 bits per heavy atom. The standard InChI is InChI=1S/C16H17BrFNO/c1-10-5-3-4-6-13(10)16(11(2)19)20-15-8-7-12(17)9-14(15)18/h3-9,11,16H,19H2,1-2H3. The van der Waals surface area contributed by atoms with Gasteiger partial charge in [-0.05, 0) is 43.2 Å². The normalized spacial score (nSPS) is 13.8. The Bertz CT molecular complexity index is 601. The number of hydrogen-bond acceptors (Lipinski definition) is 2. The van der Waals surface area contributed by atoms with Crippen molar-refractivity contribution >= 4 is 15.9 Å². The van der Waals surface area contributed by atoms with E-state index < -0.39 is 5.82 Å². The van der Waals surface area contributed by atoms with Crippen LogP contribution in [0, 0.1) is 12.7 Å². The number of aryl methyl sites for hydroxylation is 1. The highest BCUT2D eigenvalue weighted by molar-refractivity contribution is 9.10. The van der Waals surface area contributed by atoms with Crippen LogP contribution in [-0.4, -0.2) is 6.04 Å². The van der Waals surface area contributed by atoms with Gasteiger partial charge >= 0.3 is 0 Å². The minimum absolute atomic E-state index is 0.207. The summed E-state index contributed by atoms with van der Waals surface area (Å²) in [4.78, 5) is 0. The zero-order chi connectivity index (χ0) is 14.7. The average Bonchev–Trinajstić information content (AvgIpc) is 2.39. The molecule has 2 aromatic carbocycles. The van der Waals surface area contributed by atoms with Crippen molar-refractivity contribution in [2.45, 2.75) is 26.0 Å². The first-order valence-electron chi connectivity index (χ1n) is 6.42. The summed E-state index contributed by atoms with van der Waals surface area (Å²) in [5.74, 6) is -0.197. The summed E-state index contributed by atoms with van der Waals surface area (Å²) in [6, 6.07) is 12.3. The highest BCUT2D eigenvalue weighted by Crippen LogP contribution is 2.29. The highest BCUT2D eigenvalue weighted by Gasteiger charge is 2.21.